The van der Waals surface area contributed by atoms with E-state index >= 15 is 0 Å². The maximum Gasteiger partial charge on any atom is 0.435 e. The Bertz CT molecular complexity index is 1180. The number of nitrogens with one attached hydrogen (secondary N) is 1. The van der Waals surface area contributed by atoms with E-state index in [2.05, 4.69) is 10.4 Å². The number of likely N-dealkylation sites (tertiary alicyclic amines) is 1. The first-order valence-corrected chi connectivity index (χ1v) is 11.3. The number of hydrogen-bond donors (Lipinski definition) is 1. The van der Waals surface area contributed by atoms with Crippen molar-refractivity contribution in [3.8, 4) is 11.6 Å². The van der Waals surface area contributed by atoms with Crippen LogP contribution >= 0.6 is 11.6 Å². The van der Waals surface area contributed by atoms with Gasteiger partial charge in [-0.3, -0.25) is 9.59 Å². The zero-order valence-corrected chi connectivity index (χ0v) is 19.2. The molecular formula is C22H21ClF4N4O4. The maximum absolute atomic E-state index is 13.5. The number of aromatic nitrogens is 2. The van der Waals surface area contributed by atoms with Crippen molar-refractivity contribution in [3.63, 3.8) is 0 Å². The van der Waals surface area contributed by atoms with Gasteiger partial charge in [0.05, 0.1) is 5.02 Å². The third-order valence-electron chi connectivity index (χ3n) is 6.79. The monoisotopic (exact) mass is 516 g/mol. The number of carbonyl (C=O) groups is 2. The predicted molar refractivity (Wildman–Crippen MR) is 113 cm³/mol. The third kappa shape index (κ3) is 4.17. The molecule has 1 aromatic carbocycles. The topological polar surface area (TPSA) is 85.7 Å². The Labute approximate surface area is 202 Å². The number of amides is 2. The first-order valence-electron chi connectivity index (χ1n) is 10.9. The molecule has 6 rings (SSSR count). The largest absolute Gasteiger partial charge is 0.484 e. The Balaban J connectivity index is 1.12. The highest BCUT2D eigenvalue weighted by molar-refractivity contribution is 6.30. The Hall–Kier alpha value is -3.02. The lowest BCUT2D eigenvalue weighted by Gasteiger charge is -2.73. The van der Waals surface area contributed by atoms with Crippen LogP contribution in [0.3, 0.4) is 0 Å². The van der Waals surface area contributed by atoms with Crippen molar-refractivity contribution in [1.29, 1.82) is 0 Å². The van der Waals surface area contributed by atoms with Gasteiger partial charge < -0.3 is 19.7 Å². The highest BCUT2D eigenvalue weighted by atomic mass is 35.5. The standard InChI is InChI=1S/C22H21ClF4N4O4/c1-30-18(7-16(29-30)22(25,26)27)35-15-4-5-31(19(15)33)21-9-20(10-21,11-21)28-17(32)8-34-12-2-3-13(23)14(24)6-12/h2-3,6-7,15H,4-5,8-11H2,1H3,(H,28,32). The molecule has 1 atom stereocenters. The summed E-state index contributed by atoms with van der Waals surface area (Å²) in [5.74, 6) is -1.24. The fourth-order valence-corrected chi connectivity index (χ4v) is 5.40. The summed E-state index contributed by atoms with van der Waals surface area (Å²) < 4.78 is 64.0. The lowest BCUT2D eigenvalue weighted by Crippen LogP contribution is -2.84. The molecule has 2 aromatic rings. The number of benzene rings is 1. The number of halogens is 5. The fourth-order valence-electron chi connectivity index (χ4n) is 5.28. The van der Waals surface area contributed by atoms with Gasteiger partial charge in [-0.1, -0.05) is 11.6 Å². The van der Waals surface area contributed by atoms with E-state index in [4.69, 9.17) is 21.1 Å². The molecule has 188 valence electrons. The van der Waals surface area contributed by atoms with Crippen LogP contribution in [0.2, 0.25) is 5.02 Å². The number of hydrogen-bond acceptors (Lipinski definition) is 5. The molecule has 4 aliphatic rings. The van der Waals surface area contributed by atoms with E-state index in [9.17, 15) is 27.2 Å². The van der Waals surface area contributed by atoms with Crippen molar-refractivity contribution in [2.45, 2.75) is 49.0 Å². The van der Waals surface area contributed by atoms with Crippen molar-refractivity contribution < 1.29 is 36.6 Å². The van der Waals surface area contributed by atoms with Gasteiger partial charge in [-0.2, -0.15) is 18.3 Å². The Kier molecular flexibility index (Phi) is 5.42. The maximum atomic E-state index is 13.5. The molecule has 0 radical (unpaired) electrons. The van der Waals surface area contributed by atoms with E-state index in [1.165, 1.54) is 19.2 Å². The molecule has 1 saturated heterocycles. The molecule has 13 heteroatoms. The molecule has 1 aromatic heterocycles. The average molecular weight is 517 g/mol. The van der Waals surface area contributed by atoms with Gasteiger partial charge >= 0.3 is 6.18 Å². The summed E-state index contributed by atoms with van der Waals surface area (Å²) in [6.45, 7) is 0.127. The molecule has 0 spiro atoms. The second-order valence-electron chi connectivity index (χ2n) is 9.32. The minimum Gasteiger partial charge on any atom is -0.484 e. The molecule has 2 heterocycles. The van der Waals surface area contributed by atoms with E-state index in [-0.39, 0.29) is 40.6 Å². The first kappa shape index (κ1) is 23.7. The van der Waals surface area contributed by atoms with Crippen LogP contribution in [0.15, 0.2) is 24.3 Å². The van der Waals surface area contributed by atoms with Crippen molar-refractivity contribution in [1.82, 2.24) is 20.0 Å². The summed E-state index contributed by atoms with van der Waals surface area (Å²) in [5, 5.41) is 6.28. The minimum absolute atomic E-state index is 0.0450. The minimum atomic E-state index is -4.61. The number of ether oxygens (including phenoxy) is 2. The summed E-state index contributed by atoms with van der Waals surface area (Å²) in [4.78, 5) is 26.9. The molecule has 8 nitrogen and oxygen atoms in total. The van der Waals surface area contributed by atoms with Crippen molar-refractivity contribution >= 4 is 23.4 Å². The molecule has 3 aliphatic carbocycles. The van der Waals surface area contributed by atoms with Gasteiger partial charge in [0.2, 0.25) is 5.88 Å². The van der Waals surface area contributed by atoms with Crippen molar-refractivity contribution in [2.75, 3.05) is 13.2 Å². The summed E-state index contributed by atoms with van der Waals surface area (Å²) in [6, 6.07) is 4.67. The molecule has 3 saturated carbocycles. The van der Waals surface area contributed by atoms with Crippen LogP contribution in [-0.4, -0.2) is 56.8 Å². The molecule has 1 N–H and O–H groups in total. The van der Waals surface area contributed by atoms with Crippen LogP contribution in [0.4, 0.5) is 17.6 Å². The normalized spacial score (nSPS) is 27.3. The molecule has 1 unspecified atom stereocenters. The highest BCUT2D eigenvalue weighted by Gasteiger charge is 2.72. The number of alkyl halides is 3. The zero-order chi connectivity index (χ0) is 25.2. The Morgan fingerprint density at radius 2 is 2.00 bits per heavy atom. The van der Waals surface area contributed by atoms with E-state index in [1.807, 2.05) is 0 Å². The van der Waals surface area contributed by atoms with Crippen LogP contribution in [0, 0.1) is 5.82 Å². The Morgan fingerprint density at radius 1 is 1.29 bits per heavy atom. The van der Waals surface area contributed by atoms with Gasteiger partial charge in [-0.15, -0.1) is 0 Å². The Morgan fingerprint density at radius 3 is 2.63 bits per heavy atom. The molecule has 1 aliphatic heterocycles. The SMILES string of the molecule is Cn1nc(C(F)(F)F)cc1OC1CCN(C23CC(NC(=O)COc4ccc(Cl)c(F)c4)(C2)C3)C1=O. The van der Waals surface area contributed by atoms with Crippen LogP contribution in [0.25, 0.3) is 0 Å². The van der Waals surface area contributed by atoms with Gasteiger partial charge in [0.15, 0.2) is 18.4 Å². The second kappa shape index (κ2) is 8.00. The molecule has 2 bridgehead atoms. The van der Waals surface area contributed by atoms with E-state index in [0.29, 0.717) is 32.2 Å². The van der Waals surface area contributed by atoms with Crippen molar-refractivity contribution in [2.24, 2.45) is 7.05 Å². The highest BCUT2D eigenvalue weighted by Crippen LogP contribution is 2.64. The van der Waals surface area contributed by atoms with E-state index < -0.39 is 29.3 Å². The summed E-state index contributed by atoms with van der Waals surface area (Å²) in [6.07, 6.45) is -3.43. The first-order chi connectivity index (χ1) is 16.4. The quantitative estimate of drug-likeness (QED) is 0.572. The molecule has 2 amide bonds. The van der Waals surface area contributed by atoms with Crippen LogP contribution in [0.5, 0.6) is 11.6 Å². The van der Waals surface area contributed by atoms with Gasteiger partial charge in [0.1, 0.15) is 11.6 Å². The summed E-state index contributed by atoms with van der Waals surface area (Å²) in [7, 11) is 1.32. The van der Waals surface area contributed by atoms with E-state index in [0.717, 1.165) is 16.8 Å². The molecule has 35 heavy (non-hydrogen) atoms. The number of rotatable bonds is 7. The molecular weight excluding hydrogens is 496 g/mol. The lowest BCUT2D eigenvalue weighted by molar-refractivity contribution is -0.188. The number of nitrogens with zero attached hydrogens (tertiary/aromatic N) is 3. The van der Waals surface area contributed by atoms with Crippen LogP contribution in [0.1, 0.15) is 31.4 Å². The van der Waals surface area contributed by atoms with Crippen LogP contribution < -0.4 is 14.8 Å². The molecule has 4 fully saturated rings. The predicted octanol–water partition coefficient (Wildman–Crippen LogP) is 3.08. The lowest BCUT2D eigenvalue weighted by atomic mass is 9.43. The fraction of sp³-hybridized carbons (Fsp3) is 0.500. The van der Waals surface area contributed by atoms with Gasteiger partial charge in [0, 0.05) is 43.2 Å². The third-order valence-corrected chi connectivity index (χ3v) is 7.09. The van der Waals surface area contributed by atoms with Crippen molar-refractivity contribution in [3.05, 3.63) is 40.8 Å². The van der Waals surface area contributed by atoms with Gasteiger partial charge in [-0.25, -0.2) is 9.07 Å². The average Bonchev–Trinajstić information content (AvgIpc) is 3.28. The zero-order valence-electron chi connectivity index (χ0n) is 18.5. The van der Waals surface area contributed by atoms with Gasteiger partial charge in [-0.05, 0) is 31.4 Å². The number of aryl methyl sites for hydroxylation is 1. The smallest absolute Gasteiger partial charge is 0.435 e. The van der Waals surface area contributed by atoms with E-state index in [1.54, 1.807) is 4.90 Å². The van der Waals surface area contributed by atoms with Gasteiger partial charge in [0.25, 0.3) is 11.8 Å². The summed E-state index contributed by atoms with van der Waals surface area (Å²) in [5.41, 5.74) is -1.89. The second-order valence-corrected chi connectivity index (χ2v) is 9.73. The van der Waals surface area contributed by atoms with Crippen LogP contribution in [-0.2, 0) is 22.8 Å². The summed E-state index contributed by atoms with van der Waals surface area (Å²) >= 11 is 5.62. The number of carbonyl (C=O) groups excluding carboxylic acids is 2.